The van der Waals surface area contributed by atoms with E-state index in [2.05, 4.69) is 21.4 Å². The molecule has 0 radical (unpaired) electrons. The van der Waals surface area contributed by atoms with Crippen molar-refractivity contribution in [2.45, 2.75) is 20.8 Å². The van der Waals surface area contributed by atoms with Crippen LogP contribution in [0.2, 0.25) is 0 Å². The molecule has 0 aliphatic carbocycles. The molecule has 0 aliphatic rings. The van der Waals surface area contributed by atoms with Crippen molar-refractivity contribution < 1.29 is 4.79 Å². The number of nitrogens with one attached hydrogen (secondary N) is 1. The summed E-state index contributed by atoms with van der Waals surface area (Å²) in [7, 11) is 1.74. The minimum absolute atomic E-state index is 0.176. The summed E-state index contributed by atoms with van der Waals surface area (Å²) in [6, 6.07) is 17.4. The average Bonchev–Trinajstić information content (AvgIpc) is 2.60. The minimum atomic E-state index is -0.176. The molecule has 2 aromatic carbocycles. The van der Waals surface area contributed by atoms with Gasteiger partial charge in [-0.05, 0) is 62.2 Å². The summed E-state index contributed by atoms with van der Waals surface area (Å²) in [5, 5.41) is 3.21. The van der Waals surface area contributed by atoms with Crippen molar-refractivity contribution in [3.63, 3.8) is 0 Å². The lowest BCUT2D eigenvalue weighted by molar-refractivity contribution is 0.0988. The van der Waals surface area contributed by atoms with E-state index in [1.807, 2.05) is 63.2 Å². The Morgan fingerprint density at radius 1 is 0.923 bits per heavy atom. The predicted octanol–water partition coefficient (Wildman–Crippen LogP) is 4.42. The van der Waals surface area contributed by atoms with Crippen LogP contribution in [-0.2, 0) is 0 Å². The molecule has 3 aromatic rings. The van der Waals surface area contributed by atoms with Crippen LogP contribution in [0.25, 0.3) is 0 Å². The fraction of sp³-hybridized carbons (Fsp3) is 0.190. The monoisotopic (exact) mass is 346 g/mol. The summed E-state index contributed by atoms with van der Waals surface area (Å²) < 4.78 is 0. The third kappa shape index (κ3) is 4.06. The molecular weight excluding hydrogens is 324 g/mol. The largest absolute Gasteiger partial charge is 0.324 e. The lowest BCUT2D eigenvalue weighted by Crippen LogP contribution is -2.27. The number of rotatable bonds is 4. The van der Waals surface area contributed by atoms with Gasteiger partial charge in [0.15, 0.2) is 0 Å². The van der Waals surface area contributed by atoms with Gasteiger partial charge in [0.05, 0.1) is 0 Å². The summed E-state index contributed by atoms with van der Waals surface area (Å²) in [5.41, 5.74) is 5.12. The highest BCUT2D eigenvalue weighted by Crippen LogP contribution is 2.19. The molecule has 5 nitrogen and oxygen atoms in total. The van der Waals surface area contributed by atoms with Crippen LogP contribution in [0, 0.1) is 20.8 Å². The number of para-hydroxylation sites is 1. The molecule has 0 saturated carbocycles. The molecule has 1 amide bonds. The van der Waals surface area contributed by atoms with Gasteiger partial charge in [-0.3, -0.25) is 4.79 Å². The predicted molar refractivity (Wildman–Crippen MR) is 105 cm³/mol. The molecule has 0 atom stereocenters. The number of amides is 1. The van der Waals surface area contributed by atoms with Gasteiger partial charge in [0, 0.05) is 24.1 Å². The van der Waals surface area contributed by atoms with E-state index in [1.165, 1.54) is 0 Å². The van der Waals surface area contributed by atoms with Gasteiger partial charge >= 0.3 is 0 Å². The van der Waals surface area contributed by atoms with Gasteiger partial charge in [-0.2, -0.15) is 0 Å². The number of carbonyl (C=O) groups excluding carboxylic acids is 1. The summed E-state index contributed by atoms with van der Waals surface area (Å²) in [6.45, 7) is 5.94. The first-order valence-corrected chi connectivity index (χ1v) is 8.46. The molecule has 5 heteroatoms. The van der Waals surface area contributed by atoms with Crippen LogP contribution in [0.1, 0.15) is 27.3 Å². The zero-order valence-corrected chi connectivity index (χ0v) is 15.4. The summed E-state index contributed by atoms with van der Waals surface area (Å²) in [6.07, 6.45) is 0. The Bertz CT molecular complexity index is 918. The maximum atomic E-state index is 12.8. The Morgan fingerprint density at radius 2 is 1.58 bits per heavy atom. The minimum Gasteiger partial charge on any atom is -0.324 e. The first-order valence-electron chi connectivity index (χ1n) is 8.46. The van der Waals surface area contributed by atoms with E-state index >= 15 is 0 Å². The van der Waals surface area contributed by atoms with Gasteiger partial charge in [-0.25, -0.2) is 9.97 Å². The topological polar surface area (TPSA) is 58.1 Å². The van der Waals surface area contributed by atoms with Crippen LogP contribution >= 0.6 is 0 Å². The molecule has 1 heterocycles. The van der Waals surface area contributed by atoms with Crippen LogP contribution < -0.4 is 10.2 Å². The van der Waals surface area contributed by atoms with Gasteiger partial charge < -0.3 is 10.2 Å². The lowest BCUT2D eigenvalue weighted by atomic mass is 10.1. The number of nitrogens with zero attached hydrogens (tertiary/aromatic N) is 3. The Balaban J connectivity index is 1.88. The van der Waals surface area contributed by atoms with E-state index in [4.69, 9.17) is 0 Å². The zero-order chi connectivity index (χ0) is 18.7. The smallest absolute Gasteiger partial charge is 0.276 e. The van der Waals surface area contributed by atoms with Gasteiger partial charge in [0.1, 0.15) is 5.69 Å². The zero-order valence-electron chi connectivity index (χ0n) is 15.4. The van der Waals surface area contributed by atoms with Crippen molar-refractivity contribution in [1.29, 1.82) is 0 Å². The maximum Gasteiger partial charge on any atom is 0.276 e. The third-order valence-electron chi connectivity index (χ3n) is 4.00. The molecule has 132 valence electrons. The third-order valence-corrected chi connectivity index (χ3v) is 4.00. The van der Waals surface area contributed by atoms with Crippen LogP contribution in [0.3, 0.4) is 0 Å². The highest BCUT2D eigenvalue weighted by Gasteiger charge is 2.16. The Hall–Kier alpha value is -3.21. The van der Waals surface area contributed by atoms with E-state index < -0.39 is 0 Å². The van der Waals surface area contributed by atoms with E-state index in [1.54, 1.807) is 18.0 Å². The molecule has 0 bridgehead atoms. The van der Waals surface area contributed by atoms with Gasteiger partial charge in [0.25, 0.3) is 5.91 Å². The van der Waals surface area contributed by atoms with Crippen LogP contribution in [0.4, 0.5) is 17.3 Å². The van der Waals surface area contributed by atoms with Gasteiger partial charge in [0.2, 0.25) is 5.95 Å². The number of benzene rings is 2. The Labute approximate surface area is 153 Å². The summed E-state index contributed by atoms with van der Waals surface area (Å²) in [5.74, 6) is 0.241. The van der Waals surface area contributed by atoms with E-state index in [9.17, 15) is 4.79 Å². The van der Waals surface area contributed by atoms with Crippen molar-refractivity contribution in [3.05, 3.63) is 77.1 Å². The van der Waals surface area contributed by atoms with Gasteiger partial charge in [-0.15, -0.1) is 0 Å². The second-order valence-electron chi connectivity index (χ2n) is 6.42. The SMILES string of the molecule is Cc1cc(C)cc(Nc2nc(C)cc(C(=O)N(C)c3ccccc3)n2)c1. The average molecular weight is 346 g/mol. The number of hydrogen-bond acceptors (Lipinski definition) is 4. The highest BCUT2D eigenvalue weighted by atomic mass is 16.2. The Kier molecular flexibility index (Phi) is 4.98. The van der Waals surface area contributed by atoms with E-state index in [0.29, 0.717) is 11.6 Å². The number of aromatic nitrogens is 2. The standard InChI is InChI=1S/C21H22N4O/c1-14-10-15(2)12-17(11-14)23-21-22-16(3)13-19(24-21)20(26)25(4)18-8-6-5-7-9-18/h5-13H,1-4H3,(H,22,23,24). The fourth-order valence-electron chi connectivity index (χ4n) is 2.85. The summed E-state index contributed by atoms with van der Waals surface area (Å²) in [4.78, 5) is 23.2. The second kappa shape index (κ2) is 7.35. The normalized spacial score (nSPS) is 10.5. The number of anilines is 3. The van der Waals surface area contributed by atoms with Crippen LogP contribution in [0.15, 0.2) is 54.6 Å². The highest BCUT2D eigenvalue weighted by molar-refractivity contribution is 6.04. The lowest BCUT2D eigenvalue weighted by Gasteiger charge is -2.17. The molecule has 0 saturated heterocycles. The fourth-order valence-corrected chi connectivity index (χ4v) is 2.85. The number of hydrogen-bond donors (Lipinski definition) is 1. The molecular formula is C21H22N4O. The molecule has 26 heavy (non-hydrogen) atoms. The van der Waals surface area contributed by atoms with E-state index in [0.717, 1.165) is 28.2 Å². The number of carbonyl (C=O) groups is 1. The van der Waals surface area contributed by atoms with Crippen molar-refractivity contribution in [2.24, 2.45) is 0 Å². The van der Waals surface area contributed by atoms with Crippen LogP contribution in [-0.4, -0.2) is 22.9 Å². The molecule has 1 N–H and O–H groups in total. The Morgan fingerprint density at radius 3 is 2.23 bits per heavy atom. The molecule has 0 fully saturated rings. The molecule has 1 aromatic heterocycles. The van der Waals surface area contributed by atoms with E-state index in [-0.39, 0.29) is 5.91 Å². The molecule has 0 spiro atoms. The first kappa shape index (κ1) is 17.6. The van der Waals surface area contributed by atoms with Crippen molar-refractivity contribution in [2.75, 3.05) is 17.3 Å². The quantitative estimate of drug-likeness (QED) is 0.759. The van der Waals surface area contributed by atoms with Crippen molar-refractivity contribution in [1.82, 2.24) is 9.97 Å². The van der Waals surface area contributed by atoms with Crippen molar-refractivity contribution in [3.8, 4) is 0 Å². The second-order valence-corrected chi connectivity index (χ2v) is 6.42. The maximum absolute atomic E-state index is 12.8. The molecule has 0 aliphatic heterocycles. The van der Waals surface area contributed by atoms with Gasteiger partial charge in [-0.1, -0.05) is 24.3 Å². The molecule has 0 unspecified atom stereocenters. The van der Waals surface area contributed by atoms with Crippen molar-refractivity contribution >= 4 is 23.2 Å². The van der Waals surface area contributed by atoms with Crippen LogP contribution in [0.5, 0.6) is 0 Å². The summed E-state index contributed by atoms with van der Waals surface area (Å²) >= 11 is 0. The first-order chi connectivity index (χ1) is 12.4. The molecule has 3 rings (SSSR count). The number of aryl methyl sites for hydroxylation is 3.